The molecule has 3 aliphatic heterocycles. The van der Waals surface area contributed by atoms with Gasteiger partial charge in [-0.05, 0) is 104 Å². The molecule has 5 rings (SSSR count). The summed E-state index contributed by atoms with van der Waals surface area (Å²) in [5.74, 6) is -3.03. The number of amides is 2. The molecule has 0 unspecified atom stereocenters. The summed E-state index contributed by atoms with van der Waals surface area (Å²) in [5.41, 5.74) is -4.94. The van der Waals surface area contributed by atoms with Crippen LogP contribution in [-0.4, -0.2) is 167 Å². The predicted molar refractivity (Wildman–Crippen MR) is 258 cm³/mol. The van der Waals surface area contributed by atoms with Gasteiger partial charge in [-0.3, -0.25) is 9.69 Å². The van der Waals surface area contributed by atoms with Crippen molar-refractivity contribution in [2.45, 2.75) is 185 Å². The van der Waals surface area contributed by atoms with Crippen molar-refractivity contribution in [3.05, 3.63) is 60.7 Å². The third kappa shape index (κ3) is 12.2. The highest BCUT2D eigenvalue weighted by Crippen LogP contribution is 2.44. The Balaban J connectivity index is 1.54. The number of benzene rings is 2. The second kappa shape index (κ2) is 22.7. The van der Waals surface area contributed by atoms with Gasteiger partial charge in [0.05, 0.1) is 42.0 Å². The van der Waals surface area contributed by atoms with Crippen LogP contribution in [0.3, 0.4) is 0 Å². The van der Waals surface area contributed by atoms with E-state index in [4.69, 9.17) is 28.4 Å². The van der Waals surface area contributed by atoms with Crippen LogP contribution in [0.15, 0.2) is 60.7 Å². The van der Waals surface area contributed by atoms with Crippen LogP contribution in [-0.2, 0) is 33.2 Å². The van der Waals surface area contributed by atoms with E-state index in [2.05, 4.69) is 10.6 Å². The van der Waals surface area contributed by atoms with Crippen molar-refractivity contribution in [1.82, 2.24) is 10.2 Å². The molecule has 0 aromatic heterocycles. The number of carbonyl (C=O) groups excluding carboxylic acids is 2. The number of hydrogen-bond acceptors (Lipinski definition) is 15. The van der Waals surface area contributed by atoms with Crippen molar-refractivity contribution in [3.63, 3.8) is 0 Å². The highest BCUT2D eigenvalue weighted by atomic mass is 16.7. The number of para-hydroxylation sites is 2. The van der Waals surface area contributed by atoms with E-state index in [0.717, 1.165) is 5.69 Å². The van der Waals surface area contributed by atoms with E-state index in [0.29, 0.717) is 12.2 Å². The number of aliphatic hydroxyl groups excluding tert-OH is 2. The average molecular weight is 959 g/mol. The van der Waals surface area contributed by atoms with Crippen LogP contribution in [0.2, 0.25) is 0 Å². The summed E-state index contributed by atoms with van der Waals surface area (Å²) in [6.07, 6.45) is -9.47. The Morgan fingerprint density at radius 3 is 2.12 bits per heavy atom. The van der Waals surface area contributed by atoms with Crippen LogP contribution in [0.5, 0.6) is 0 Å². The number of esters is 1. The molecule has 0 bridgehead atoms. The monoisotopic (exact) mass is 959 g/mol. The Bertz CT molecular complexity index is 1910. The zero-order chi connectivity index (χ0) is 50.5. The van der Waals surface area contributed by atoms with Gasteiger partial charge in [0.1, 0.15) is 35.1 Å². The number of nitrogens with one attached hydrogen (secondary N) is 2. The molecule has 2 amide bonds. The number of ether oxygens (including phenoxy) is 6. The highest BCUT2D eigenvalue weighted by molar-refractivity contribution is 5.91. The van der Waals surface area contributed by atoms with Crippen LogP contribution in [0.25, 0.3) is 0 Å². The van der Waals surface area contributed by atoms with Gasteiger partial charge in [0.2, 0.25) is 0 Å². The zero-order valence-corrected chi connectivity index (χ0v) is 42.5. The smallest absolute Gasteiger partial charge is 0.324 e. The van der Waals surface area contributed by atoms with Gasteiger partial charge in [0.25, 0.3) is 0 Å². The van der Waals surface area contributed by atoms with E-state index in [1.807, 2.05) is 74.5 Å². The third-order valence-corrected chi connectivity index (χ3v) is 15.1. The van der Waals surface area contributed by atoms with Gasteiger partial charge in [-0.2, -0.15) is 0 Å². The van der Waals surface area contributed by atoms with Crippen LogP contribution in [0.4, 0.5) is 16.2 Å². The second-order valence-corrected chi connectivity index (χ2v) is 20.6. The minimum absolute atomic E-state index is 0.00817. The molecular weight excluding hydrogens is 877 g/mol. The normalized spacial score (nSPS) is 41.1. The molecular formula is C51H82N4O13. The van der Waals surface area contributed by atoms with Crippen molar-refractivity contribution in [1.29, 1.82) is 0 Å². The fraction of sp³-hybridized carbons (Fsp3) is 0.725. The summed E-state index contributed by atoms with van der Waals surface area (Å²) in [7, 11) is 4.79. The molecule has 2 aromatic carbocycles. The molecule has 17 heteroatoms. The molecule has 0 radical (unpaired) electrons. The molecule has 0 aliphatic carbocycles. The molecule has 2 aromatic rings. The maximum atomic E-state index is 14.6. The zero-order valence-electron chi connectivity index (χ0n) is 42.5. The molecule has 3 saturated heterocycles. The summed E-state index contributed by atoms with van der Waals surface area (Å²) in [5, 5.41) is 67.2. The van der Waals surface area contributed by atoms with Crippen molar-refractivity contribution in [3.8, 4) is 0 Å². The lowest BCUT2D eigenvalue weighted by molar-refractivity contribution is -0.334. The standard InChI is InChI=1S/C51H82N4O13/c1-14-39-50(10,61)43(57)34(6)52-28-30(2)26-48(8,60)44(68-46-41(56)38(25-31(3)64-46)55(12)47(59)54(11)37-23-19-16-20-24-37)32(4)42(33(5)45(58)66-39)67-40-27-49(9,63-13)51(62,35(7)65-40)29-53-36-21-17-15-18-22-36/h15-24,30-35,38-44,46,52-53,56-57,60-62H,14,25-29H2,1-13H3/t30-,31-,32+,33-,34-,35+,38+,39-,40+,41-,42+,43-,44-,46+,48-,49-,50-,51+/m1/s1. The first-order valence-electron chi connectivity index (χ1n) is 24.3. The second-order valence-electron chi connectivity index (χ2n) is 20.6. The van der Waals surface area contributed by atoms with Crippen molar-refractivity contribution >= 4 is 23.4 Å². The topological polar surface area (TPSA) is 221 Å². The number of hydrogen-bond donors (Lipinski definition) is 7. The first kappa shape index (κ1) is 55.5. The van der Waals surface area contributed by atoms with Gasteiger partial charge >= 0.3 is 12.0 Å². The minimum atomic E-state index is -1.87. The van der Waals surface area contributed by atoms with Crippen LogP contribution in [0, 0.1) is 17.8 Å². The number of urea groups is 1. The summed E-state index contributed by atoms with van der Waals surface area (Å²) in [4.78, 5) is 31.5. The summed E-state index contributed by atoms with van der Waals surface area (Å²) in [6.45, 7) is 17.6. The third-order valence-electron chi connectivity index (χ3n) is 15.1. The lowest BCUT2D eigenvalue weighted by Crippen LogP contribution is -2.69. The van der Waals surface area contributed by atoms with Gasteiger partial charge in [-0.1, -0.05) is 57.2 Å². The minimum Gasteiger partial charge on any atom is -0.459 e. The van der Waals surface area contributed by atoms with Crippen molar-refractivity contribution < 1.29 is 63.5 Å². The Morgan fingerprint density at radius 1 is 0.897 bits per heavy atom. The molecule has 3 heterocycles. The number of aliphatic hydroxyl groups is 5. The molecule has 68 heavy (non-hydrogen) atoms. The van der Waals surface area contributed by atoms with Gasteiger partial charge in [-0.15, -0.1) is 0 Å². The van der Waals surface area contributed by atoms with E-state index >= 15 is 0 Å². The van der Waals surface area contributed by atoms with E-state index < -0.39 is 108 Å². The molecule has 0 spiro atoms. The highest BCUT2D eigenvalue weighted by Gasteiger charge is 2.58. The van der Waals surface area contributed by atoms with Crippen molar-refractivity contribution in [2.75, 3.05) is 44.5 Å². The van der Waals surface area contributed by atoms with Crippen LogP contribution < -0.4 is 15.5 Å². The molecule has 0 saturated carbocycles. The maximum absolute atomic E-state index is 14.6. The number of rotatable bonds is 11. The van der Waals surface area contributed by atoms with Gasteiger partial charge in [0.15, 0.2) is 12.6 Å². The van der Waals surface area contributed by atoms with Crippen molar-refractivity contribution in [2.24, 2.45) is 17.8 Å². The molecule has 3 fully saturated rings. The summed E-state index contributed by atoms with van der Waals surface area (Å²) < 4.78 is 38.9. The van der Waals surface area contributed by atoms with E-state index in [9.17, 15) is 35.1 Å². The maximum Gasteiger partial charge on any atom is 0.324 e. The van der Waals surface area contributed by atoms with E-state index in [1.165, 1.54) is 23.8 Å². The fourth-order valence-electron chi connectivity index (χ4n) is 10.6. The number of likely N-dealkylation sites (N-methyl/N-ethyl adjacent to an activating group) is 1. The van der Waals surface area contributed by atoms with Gasteiger partial charge in [-0.25, -0.2) is 4.79 Å². The average Bonchev–Trinajstić information content (AvgIpc) is 3.31. The van der Waals surface area contributed by atoms with Gasteiger partial charge in [0, 0.05) is 57.5 Å². The SMILES string of the molecule is CC[C@H]1OC(=O)[C@H](C)[C@@H](O[C@H]2C[C@@](C)(OC)[C@](O)(CNc3ccccc3)[C@H](C)O2)[C@H](C)[C@@H](O[C@@H]2O[C@H](C)C[C@H](N(C)C(=O)N(C)c3ccccc3)[C@H]2O)[C@](C)(O)C[C@@H](C)CN[C@H](C)[C@@H](O)[C@]1(C)O. The molecule has 18 atom stereocenters. The Kier molecular flexibility index (Phi) is 18.5. The summed E-state index contributed by atoms with van der Waals surface area (Å²) >= 11 is 0. The van der Waals surface area contributed by atoms with E-state index in [1.54, 1.807) is 62.6 Å². The molecule has 384 valence electrons. The molecule has 3 aliphatic rings. The van der Waals surface area contributed by atoms with E-state index in [-0.39, 0.29) is 44.2 Å². The predicted octanol–water partition coefficient (Wildman–Crippen LogP) is 4.67. The van der Waals surface area contributed by atoms with Crippen LogP contribution in [0.1, 0.15) is 94.9 Å². The molecule has 7 N–H and O–H groups in total. The van der Waals surface area contributed by atoms with Crippen LogP contribution >= 0.6 is 0 Å². The van der Waals surface area contributed by atoms with Gasteiger partial charge < -0.3 is 69.5 Å². The number of anilines is 2. The quantitative estimate of drug-likeness (QED) is 0.152. The molecule has 17 nitrogen and oxygen atoms in total. The Morgan fingerprint density at radius 2 is 1.51 bits per heavy atom. The number of carbonyl (C=O) groups is 2. The number of cyclic esters (lactones) is 1. The Hall–Kier alpha value is -3.46. The number of methoxy groups -OCH3 is 1. The first-order valence-corrected chi connectivity index (χ1v) is 24.3. The number of nitrogens with zero attached hydrogens (tertiary/aromatic N) is 2. The lowest BCUT2D eigenvalue weighted by Gasteiger charge is -2.53. The largest absolute Gasteiger partial charge is 0.459 e. The Labute approximate surface area is 403 Å². The fourth-order valence-corrected chi connectivity index (χ4v) is 10.6. The summed E-state index contributed by atoms with van der Waals surface area (Å²) in [6, 6.07) is 16.8. The first-order chi connectivity index (χ1) is 31.8. The lowest BCUT2D eigenvalue weighted by atomic mass is 9.75.